The highest BCUT2D eigenvalue weighted by Gasteiger charge is 2.41. The SMILES string of the molecule is CC(=O)C(O)C(O)C(O)C(OOC1C=C(C(=O)O)OC(C)C1O)C(=O)O. The first kappa shape index (κ1) is 22.0. The normalized spacial score (nSPS) is 27.5. The van der Waals surface area contributed by atoms with E-state index in [1.807, 2.05) is 0 Å². The van der Waals surface area contributed by atoms with Crippen LogP contribution in [0.25, 0.3) is 0 Å². The number of aliphatic hydroxyl groups is 4. The fraction of sp³-hybridized carbons (Fsp3) is 0.643. The second-order valence-electron chi connectivity index (χ2n) is 5.60. The van der Waals surface area contributed by atoms with Crippen LogP contribution in [0.2, 0.25) is 0 Å². The first-order chi connectivity index (χ1) is 12.0. The summed E-state index contributed by atoms with van der Waals surface area (Å²) in [4.78, 5) is 42.4. The van der Waals surface area contributed by atoms with E-state index in [2.05, 4.69) is 4.89 Å². The molecule has 0 bridgehead atoms. The van der Waals surface area contributed by atoms with E-state index in [1.54, 1.807) is 0 Å². The van der Waals surface area contributed by atoms with Crippen molar-refractivity contribution >= 4 is 17.7 Å². The molecular weight excluding hydrogens is 360 g/mol. The molecule has 0 aromatic heterocycles. The van der Waals surface area contributed by atoms with Crippen molar-refractivity contribution in [3.63, 3.8) is 0 Å². The summed E-state index contributed by atoms with van der Waals surface area (Å²) in [5.74, 6) is -4.78. The molecular formula is C14H20O12. The van der Waals surface area contributed by atoms with Crippen molar-refractivity contribution in [2.45, 2.75) is 56.6 Å². The Morgan fingerprint density at radius 1 is 1.15 bits per heavy atom. The van der Waals surface area contributed by atoms with Crippen LogP contribution in [-0.2, 0) is 28.9 Å². The van der Waals surface area contributed by atoms with Gasteiger partial charge in [0.25, 0.3) is 0 Å². The van der Waals surface area contributed by atoms with E-state index in [0.29, 0.717) is 0 Å². The summed E-state index contributed by atoms with van der Waals surface area (Å²) >= 11 is 0. The van der Waals surface area contributed by atoms with E-state index < -0.39 is 66.2 Å². The second-order valence-corrected chi connectivity index (χ2v) is 5.60. The van der Waals surface area contributed by atoms with Crippen molar-refractivity contribution in [1.82, 2.24) is 0 Å². The molecule has 1 rings (SSSR count). The van der Waals surface area contributed by atoms with Crippen LogP contribution in [0.4, 0.5) is 0 Å². The number of ketones is 1. The Morgan fingerprint density at radius 2 is 1.73 bits per heavy atom. The minimum atomic E-state index is -2.27. The summed E-state index contributed by atoms with van der Waals surface area (Å²) in [6, 6.07) is 0. The topological polar surface area (TPSA) is 200 Å². The van der Waals surface area contributed by atoms with Crippen molar-refractivity contribution in [1.29, 1.82) is 0 Å². The fourth-order valence-electron chi connectivity index (χ4n) is 2.01. The number of hydrogen-bond acceptors (Lipinski definition) is 10. The van der Waals surface area contributed by atoms with Gasteiger partial charge >= 0.3 is 11.9 Å². The quantitative estimate of drug-likeness (QED) is 0.177. The summed E-state index contributed by atoms with van der Waals surface area (Å²) in [6.07, 6.45) is -11.9. The summed E-state index contributed by atoms with van der Waals surface area (Å²) in [6.45, 7) is 2.24. The molecule has 1 aliphatic heterocycles. The molecule has 148 valence electrons. The third-order valence-corrected chi connectivity index (χ3v) is 3.57. The number of carbonyl (C=O) groups is 3. The Hall–Kier alpha value is -2.09. The maximum atomic E-state index is 11.2. The van der Waals surface area contributed by atoms with E-state index in [9.17, 15) is 34.8 Å². The molecule has 0 saturated heterocycles. The summed E-state index contributed by atoms with van der Waals surface area (Å²) in [5.41, 5.74) is 0. The Balaban J connectivity index is 2.88. The van der Waals surface area contributed by atoms with Crippen LogP contribution in [0.5, 0.6) is 0 Å². The van der Waals surface area contributed by atoms with Gasteiger partial charge in [-0.05, 0) is 13.8 Å². The maximum absolute atomic E-state index is 11.2. The lowest BCUT2D eigenvalue weighted by atomic mass is 10.0. The predicted octanol–water partition coefficient (Wildman–Crippen LogP) is -2.82. The highest BCUT2D eigenvalue weighted by molar-refractivity contribution is 5.84. The molecule has 0 amide bonds. The first-order valence-electron chi connectivity index (χ1n) is 7.36. The zero-order valence-electron chi connectivity index (χ0n) is 13.8. The van der Waals surface area contributed by atoms with E-state index in [-0.39, 0.29) is 0 Å². The van der Waals surface area contributed by atoms with Gasteiger partial charge in [-0.15, -0.1) is 0 Å². The van der Waals surface area contributed by atoms with E-state index in [1.165, 1.54) is 6.92 Å². The minimum Gasteiger partial charge on any atom is -0.481 e. The van der Waals surface area contributed by atoms with Crippen molar-refractivity contribution in [3.05, 3.63) is 11.8 Å². The van der Waals surface area contributed by atoms with Gasteiger partial charge in [0.1, 0.15) is 36.6 Å². The molecule has 12 nitrogen and oxygen atoms in total. The highest BCUT2D eigenvalue weighted by Crippen LogP contribution is 2.22. The third-order valence-electron chi connectivity index (χ3n) is 3.57. The van der Waals surface area contributed by atoms with Crippen molar-refractivity contribution in [2.24, 2.45) is 0 Å². The van der Waals surface area contributed by atoms with E-state index in [0.717, 1.165) is 13.0 Å². The van der Waals surface area contributed by atoms with Gasteiger partial charge in [-0.3, -0.25) is 4.79 Å². The minimum absolute atomic E-state index is 0.573. The van der Waals surface area contributed by atoms with Gasteiger partial charge in [-0.2, -0.15) is 0 Å². The van der Waals surface area contributed by atoms with Gasteiger partial charge < -0.3 is 35.4 Å². The summed E-state index contributed by atoms with van der Waals surface area (Å²) in [5, 5.41) is 56.7. The molecule has 0 fully saturated rings. The summed E-state index contributed by atoms with van der Waals surface area (Å²) in [7, 11) is 0. The lowest BCUT2D eigenvalue weighted by Gasteiger charge is -2.31. The second kappa shape index (κ2) is 9.02. The van der Waals surface area contributed by atoms with Gasteiger partial charge in [-0.1, -0.05) is 0 Å². The lowest BCUT2D eigenvalue weighted by molar-refractivity contribution is -0.367. The zero-order valence-corrected chi connectivity index (χ0v) is 13.8. The Morgan fingerprint density at radius 3 is 2.19 bits per heavy atom. The highest BCUT2D eigenvalue weighted by atomic mass is 17.2. The fourth-order valence-corrected chi connectivity index (χ4v) is 2.01. The van der Waals surface area contributed by atoms with Crippen LogP contribution in [-0.4, -0.2) is 91.1 Å². The van der Waals surface area contributed by atoms with Crippen molar-refractivity contribution < 1.29 is 59.5 Å². The van der Waals surface area contributed by atoms with Crippen LogP contribution in [0.3, 0.4) is 0 Å². The maximum Gasteiger partial charge on any atom is 0.370 e. The number of Topliss-reactive ketones (excluding diaryl/α,β-unsaturated/α-hetero) is 1. The lowest BCUT2D eigenvalue weighted by Crippen LogP contribution is -2.51. The number of carboxylic acid groups (broad SMARTS) is 2. The standard InChI is InChI=1S/C14H20O12/c1-4(15)8(16)10(18)11(19)12(14(22)23)26-25-6-3-7(13(20)21)24-5(2)9(6)17/h3,5-6,8-12,16-19H,1-2H3,(H,20,21)(H,22,23). The van der Waals surface area contributed by atoms with Crippen LogP contribution in [0.15, 0.2) is 11.8 Å². The van der Waals surface area contributed by atoms with Gasteiger partial charge in [0, 0.05) is 6.08 Å². The largest absolute Gasteiger partial charge is 0.481 e. The molecule has 7 atom stereocenters. The predicted molar refractivity (Wildman–Crippen MR) is 78.4 cm³/mol. The van der Waals surface area contributed by atoms with Crippen LogP contribution in [0.1, 0.15) is 13.8 Å². The molecule has 0 saturated carbocycles. The first-order valence-corrected chi connectivity index (χ1v) is 7.36. The molecule has 0 radical (unpaired) electrons. The molecule has 26 heavy (non-hydrogen) atoms. The smallest absolute Gasteiger partial charge is 0.370 e. The van der Waals surface area contributed by atoms with Gasteiger partial charge in [0.15, 0.2) is 5.78 Å². The number of ether oxygens (including phenoxy) is 1. The van der Waals surface area contributed by atoms with E-state index in [4.69, 9.17) is 19.8 Å². The van der Waals surface area contributed by atoms with Gasteiger partial charge in [-0.25, -0.2) is 19.4 Å². The van der Waals surface area contributed by atoms with Crippen molar-refractivity contribution in [3.8, 4) is 0 Å². The van der Waals surface area contributed by atoms with Crippen LogP contribution in [0, 0.1) is 0 Å². The van der Waals surface area contributed by atoms with Gasteiger partial charge in [0.05, 0.1) is 0 Å². The third kappa shape index (κ3) is 5.20. The molecule has 0 aromatic rings. The monoisotopic (exact) mass is 380 g/mol. The molecule has 0 aromatic carbocycles. The summed E-state index contributed by atoms with van der Waals surface area (Å²) < 4.78 is 4.89. The number of hydrogen-bond donors (Lipinski definition) is 6. The van der Waals surface area contributed by atoms with E-state index >= 15 is 0 Å². The van der Waals surface area contributed by atoms with Crippen LogP contribution < -0.4 is 0 Å². The average molecular weight is 380 g/mol. The number of carbonyl (C=O) groups excluding carboxylic acids is 1. The molecule has 1 heterocycles. The van der Waals surface area contributed by atoms with Crippen LogP contribution >= 0.6 is 0 Å². The molecule has 6 N–H and O–H groups in total. The Bertz CT molecular complexity index is 572. The molecule has 0 aliphatic carbocycles. The average Bonchev–Trinajstić information content (AvgIpc) is 2.56. The number of aliphatic hydroxyl groups excluding tert-OH is 4. The Kier molecular flexibility index (Phi) is 7.62. The molecule has 7 unspecified atom stereocenters. The van der Waals surface area contributed by atoms with Crippen molar-refractivity contribution in [2.75, 3.05) is 0 Å². The number of rotatable bonds is 9. The Labute approximate surface area is 146 Å². The molecule has 12 heteroatoms. The zero-order chi connectivity index (χ0) is 20.2. The van der Waals surface area contributed by atoms with Gasteiger partial charge in [0.2, 0.25) is 11.9 Å². The molecule has 1 aliphatic rings. The molecule has 0 spiro atoms. The number of aliphatic carboxylic acids is 2. The number of carboxylic acids is 2.